The largest absolute Gasteiger partial charge is 0.315 e. The molecule has 0 fully saturated rings. The van der Waals surface area contributed by atoms with Crippen molar-refractivity contribution in [1.29, 1.82) is 0 Å². The smallest absolute Gasteiger partial charge is 0.273 e. The Morgan fingerprint density at radius 2 is 0.958 bits per heavy atom. The van der Waals surface area contributed by atoms with Crippen molar-refractivity contribution in [2.45, 2.75) is 0 Å². The minimum Gasteiger partial charge on any atom is -0.315 e. The molecule has 0 aliphatic carbocycles. The van der Waals surface area contributed by atoms with Crippen molar-refractivity contribution in [3.8, 4) is 0 Å². The predicted octanol–water partition coefficient (Wildman–Crippen LogP) is 2.17. The molecule has 24 heavy (non-hydrogen) atoms. The van der Waals surface area contributed by atoms with Gasteiger partial charge in [-0.05, 0) is 43.0 Å². The fraction of sp³-hybridized carbons (Fsp3) is 0. The van der Waals surface area contributed by atoms with Crippen LogP contribution in [0.25, 0.3) is 8.96 Å². The minimum absolute atomic E-state index is 0.184. The predicted molar refractivity (Wildman–Crippen MR) is 103 cm³/mol. The highest BCUT2D eigenvalue weighted by Gasteiger charge is 2.06. The zero-order valence-electron chi connectivity index (χ0n) is 12.3. The molecule has 1 heterocycles. The highest BCUT2D eigenvalue weighted by molar-refractivity contribution is 9.15. The van der Waals surface area contributed by atoms with E-state index in [0.717, 1.165) is 11.1 Å². The van der Waals surface area contributed by atoms with Gasteiger partial charge in [0.1, 0.15) is 10.7 Å². The molecule has 120 valence electrons. The molecule has 3 aromatic rings. The van der Waals surface area contributed by atoms with Gasteiger partial charge in [0, 0.05) is 0 Å². The molecule has 0 atom stereocenters. The summed E-state index contributed by atoms with van der Waals surface area (Å²) in [4.78, 5) is 30.2. The molecule has 2 aromatic carbocycles. The maximum Gasteiger partial charge on any atom is 0.273 e. The molecule has 0 saturated carbocycles. The lowest BCUT2D eigenvalue weighted by Gasteiger charge is -2.01. The molecule has 0 amide bonds. The van der Waals surface area contributed by atoms with Crippen LogP contribution in [0.2, 0.25) is 0 Å². The fourth-order valence-electron chi connectivity index (χ4n) is 2.23. The van der Waals surface area contributed by atoms with Gasteiger partial charge in [0.2, 0.25) is 0 Å². The molecule has 6 heteroatoms. The SMILES string of the molecule is O=c1[nH]/c(=C(\Br)c2ccccc2)c(=O)[nH]/c1=C(\Br)c1ccccc1. The van der Waals surface area contributed by atoms with E-state index < -0.39 is 0 Å². The van der Waals surface area contributed by atoms with Crippen LogP contribution in [0.1, 0.15) is 11.1 Å². The topological polar surface area (TPSA) is 65.7 Å². The number of rotatable bonds is 2. The summed E-state index contributed by atoms with van der Waals surface area (Å²) in [5.41, 5.74) is 0.844. The van der Waals surface area contributed by atoms with Crippen LogP contribution in [0, 0.1) is 0 Å². The maximum absolute atomic E-state index is 12.4. The van der Waals surface area contributed by atoms with Crippen molar-refractivity contribution in [2.24, 2.45) is 0 Å². The van der Waals surface area contributed by atoms with E-state index in [-0.39, 0.29) is 21.8 Å². The molecule has 0 aliphatic rings. The first-order valence-corrected chi connectivity index (χ1v) is 8.69. The number of aromatic nitrogens is 2. The lowest BCUT2D eigenvalue weighted by atomic mass is 10.2. The fourth-order valence-corrected chi connectivity index (χ4v) is 3.32. The lowest BCUT2D eigenvalue weighted by molar-refractivity contribution is 1.000. The van der Waals surface area contributed by atoms with E-state index in [1.165, 1.54) is 0 Å². The Hall–Kier alpha value is -2.18. The Labute approximate surface area is 153 Å². The zero-order valence-corrected chi connectivity index (χ0v) is 15.5. The van der Waals surface area contributed by atoms with Gasteiger partial charge in [-0.3, -0.25) is 9.59 Å². The van der Waals surface area contributed by atoms with Crippen LogP contribution in [0.15, 0.2) is 70.3 Å². The van der Waals surface area contributed by atoms with Crippen molar-refractivity contribution >= 4 is 40.8 Å². The van der Waals surface area contributed by atoms with Gasteiger partial charge >= 0.3 is 0 Å². The Morgan fingerprint density at radius 1 is 0.625 bits per heavy atom. The average molecular weight is 448 g/mol. The van der Waals surface area contributed by atoms with E-state index in [0.29, 0.717) is 8.96 Å². The Morgan fingerprint density at radius 3 is 1.29 bits per heavy atom. The number of hydrogen-bond donors (Lipinski definition) is 2. The van der Waals surface area contributed by atoms with Crippen LogP contribution in [0.4, 0.5) is 0 Å². The van der Waals surface area contributed by atoms with Crippen LogP contribution in [0.5, 0.6) is 0 Å². The standard InChI is InChI=1S/C18H12Br2N2O2/c19-13(11-7-3-1-4-8-11)15-17(23)22-16(18(24)21-15)14(20)12-9-5-2-6-10-12/h1-10H,(H,21,24)(H,22,23)/b15-13-,16-14-. The molecule has 0 aliphatic heterocycles. The molecule has 4 nitrogen and oxygen atoms in total. The number of hydrogen-bond acceptors (Lipinski definition) is 2. The van der Waals surface area contributed by atoms with Crippen LogP contribution < -0.4 is 21.8 Å². The monoisotopic (exact) mass is 446 g/mol. The van der Waals surface area contributed by atoms with Gasteiger partial charge < -0.3 is 9.97 Å². The van der Waals surface area contributed by atoms with Gasteiger partial charge in [0.05, 0.1) is 8.96 Å². The molecular formula is C18H12Br2N2O2. The van der Waals surface area contributed by atoms with Crippen molar-refractivity contribution < 1.29 is 0 Å². The summed E-state index contributed by atoms with van der Waals surface area (Å²) in [5.74, 6) is 0. The molecule has 1 aromatic heterocycles. The molecule has 0 radical (unpaired) electrons. The van der Waals surface area contributed by atoms with Crippen LogP contribution in [-0.2, 0) is 0 Å². The average Bonchev–Trinajstić information content (AvgIpc) is 2.63. The van der Waals surface area contributed by atoms with Gasteiger partial charge in [0.25, 0.3) is 11.1 Å². The summed E-state index contributed by atoms with van der Waals surface area (Å²) in [5, 5.41) is 0.367. The number of aromatic amines is 2. The third-order valence-corrected chi connectivity index (χ3v) is 5.13. The van der Waals surface area contributed by atoms with Crippen molar-refractivity contribution in [2.75, 3.05) is 0 Å². The number of nitrogens with one attached hydrogen (secondary N) is 2. The summed E-state index contributed by atoms with van der Waals surface area (Å²) in [7, 11) is 0. The van der Waals surface area contributed by atoms with Crippen LogP contribution in [0.3, 0.4) is 0 Å². The molecular weight excluding hydrogens is 436 g/mol. The lowest BCUT2D eigenvalue weighted by Crippen LogP contribution is -2.48. The van der Waals surface area contributed by atoms with Crippen LogP contribution >= 0.6 is 31.9 Å². The highest BCUT2D eigenvalue weighted by atomic mass is 79.9. The molecule has 0 bridgehead atoms. The number of H-pyrrole nitrogens is 2. The van der Waals surface area contributed by atoms with E-state index in [9.17, 15) is 9.59 Å². The molecule has 3 rings (SSSR count). The van der Waals surface area contributed by atoms with Gasteiger partial charge in [-0.25, -0.2) is 0 Å². The Balaban J connectivity index is 2.29. The van der Waals surface area contributed by atoms with E-state index in [1.54, 1.807) is 0 Å². The minimum atomic E-state index is -0.381. The first-order valence-electron chi connectivity index (χ1n) is 7.11. The number of halogens is 2. The summed E-state index contributed by atoms with van der Waals surface area (Å²) in [6.07, 6.45) is 0. The zero-order chi connectivity index (χ0) is 17.1. The Bertz CT molecular complexity index is 1010. The second-order valence-corrected chi connectivity index (χ2v) is 6.60. The van der Waals surface area contributed by atoms with E-state index in [2.05, 4.69) is 41.8 Å². The van der Waals surface area contributed by atoms with Gasteiger partial charge in [-0.2, -0.15) is 0 Å². The molecule has 0 saturated heterocycles. The summed E-state index contributed by atoms with van der Waals surface area (Å²) >= 11 is 6.79. The van der Waals surface area contributed by atoms with Crippen molar-refractivity contribution in [3.05, 3.63) is 103 Å². The van der Waals surface area contributed by atoms with Crippen LogP contribution in [-0.4, -0.2) is 9.97 Å². The third-order valence-electron chi connectivity index (χ3n) is 3.42. The summed E-state index contributed by atoms with van der Waals surface area (Å²) in [6.45, 7) is 0. The quantitative estimate of drug-likeness (QED) is 0.632. The number of benzene rings is 2. The van der Waals surface area contributed by atoms with Crippen molar-refractivity contribution in [3.63, 3.8) is 0 Å². The highest BCUT2D eigenvalue weighted by Crippen LogP contribution is 2.16. The van der Waals surface area contributed by atoms with E-state index in [1.807, 2.05) is 60.7 Å². The molecule has 0 spiro atoms. The summed E-state index contributed by atoms with van der Waals surface area (Å²) < 4.78 is 1.06. The van der Waals surface area contributed by atoms with Gasteiger partial charge in [0.15, 0.2) is 0 Å². The maximum atomic E-state index is 12.4. The normalized spacial score (nSPS) is 13.4. The first kappa shape index (κ1) is 16.7. The first-order chi connectivity index (χ1) is 11.6. The molecule has 0 unspecified atom stereocenters. The van der Waals surface area contributed by atoms with Gasteiger partial charge in [-0.1, -0.05) is 60.7 Å². The van der Waals surface area contributed by atoms with Crippen molar-refractivity contribution in [1.82, 2.24) is 9.97 Å². The second-order valence-electron chi connectivity index (χ2n) is 5.02. The van der Waals surface area contributed by atoms with E-state index in [4.69, 9.17) is 0 Å². The van der Waals surface area contributed by atoms with Gasteiger partial charge in [-0.15, -0.1) is 0 Å². The summed E-state index contributed by atoms with van der Waals surface area (Å²) in [6, 6.07) is 18.6. The third kappa shape index (κ3) is 3.34. The van der Waals surface area contributed by atoms with E-state index >= 15 is 0 Å². The second kappa shape index (κ2) is 7.15. The molecule has 2 N–H and O–H groups in total. The Kier molecular flexibility index (Phi) is 4.97.